The summed E-state index contributed by atoms with van der Waals surface area (Å²) in [6, 6.07) is 5.65. The average molecular weight is 374 g/mol. The summed E-state index contributed by atoms with van der Waals surface area (Å²) < 4.78 is 52.4. The first-order chi connectivity index (χ1) is 11.6. The minimum atomic E-state index is -4.75. The Bertz CT molecular complexity index is 772. The fraction of sp³-hybridized carbons (Fsp3) is 0.400. The van der Waals surface area contributed by atoms with Crippen LogP contribution < -0.4 is 0 Å². The van der Waals surface area contributed by atoms with Crippen LogP contribution in [0.5, 0.6) is 0 Å². The van der Waals surface area contributed by atoms with Gasteiger partial charge < -0.3 is 9.64 Å². The SMILES string of the molecule is C[C@@H](OC(=O)c1ccc(S(=O)(=O)C(F)F)cc1)C(=O)N(C)CCC#N. The van der Waals surface area contributed by atoms with Gasteiger partial charge in [-0.2, -0.15) is 14.0 Å². The number of halogens is 2. The quantitative estimate of drug-likeness (QED) is 0.672. The number of hydrogen-bond acceptors (Lipinski definition) is 6. The van der Waals surface area contributed by atoms with Crippen molar-refractivity contribution in [3.63, 3.8) is 0 Å². The third kappa shape index (κ3) is 5.22. The molecule has 1 aromatic rings. The molecular weight excluding hydrogens is 358 g/mol. The van der Waals surface area contributed by atoms with Gasteiger partial charge in [-0.1, -0.05) is 0 Å². The highest BCUT2D eigenvalue weighted by atomic mass is 32.2. The molecule has 0 saturated carbocycles. The second-order valence-electron chi connectivity index (χ2n) is 5.05. The minimum Gasteiger partial charge on any atom is -0.449 e. The molecule has 0 aliphatic rings. The van der Waals surface area contributed by atoms with Crippen LogP contribution in [-0.4, -0.2) is 50.6 Å². The number of amides is 1. The molecule has 0 spiro atoms. The zero-order chi connectivity index (χ0) is 19.2. The first-order valence-electron chi connectivity index (χ1n) is 7.06. The zero-order valence-corrected chi connectivity index (χ0v) is 14.3. The molecule has 0 aromatic heterocycles. The average Bonchev–Trinajstić information content (AvgIpc) is 2.58. The maximum Gasteiger partial charge on any atom is 0.341 e. The number of rotatable bonds is 7. The number of benzene rings is 1. The van der Waals surface area contributed by atoms with E-state index in [1.807, 2.05) is 6.07 Å². The van der Waals surface area contributed by atoms with E-state index in [0.717, 1.165) is 24.3 Å². The normalized spacial score (nSPS) is 12.3. The summed E-state index contributed by atoms with van der Waals surface area (Å²) in [5.41, 5.74) is -0.0902. The highest BCUT2D eigenvalue weighted by Gasteiger charge is 2.27. The Labute approximate surface area is 143 Å². The Morgan fingerprint density at radius 2 is 1.84 bits per heavy atom. The highest BCUT2D eigenvalue weighted by Crippen LogP contribution is 2.19. The number of sulfone groups is 1. The predicted octanol–water partition coefficient (Wildman–Crippen LogP) is 1.60. The molecule has 0 aliphatic carbocycles. The molecule has 0 unspecified atom stereocenters. The fourth-order valence-electron chi connectivity index (χ4n) is 1.80. The summed E-state index contributed by atoms with van der Waals surface area (Å²) in [4.78, 5) is 24.5. The van der Waals surface area contributed by atoms with E-state index in [-0.39, 0.29) is 18.5 Å². The number of carbonyl (C=O) groups excluding carboxylic acids is 2. The van der Waals surface area contributed by atoms with Crippen molar-refractivity contribution in [2.45, 2.75) is 30.1 Å². The van der Waals surface area contributed by atoms with E-state index in [9.17, 15) is 26.8 Å². The number of nitriles is 1. The van der Waals surface area contributed by atoms with Crippen LogP contribution in [0.1, 0.15) is 23.7 Å². The van der Waals surface area contributed by atoms with E-state index in [2.05, 4.69) is 0 Å². The van der Waals surface area contributed by atoms with Crippen LogP contribution in [0.2, 0.25) is 0 Å². The lowest BCUT2D eigenvalue weighted by atomic mass is 10.2. The monoisotopic (exact) mass is 374 g/mol. The van der Waals surface area contributed by atoms with Crippen LogP contribution in [0, 0.1) is 11.3 Å². The Balaban J connectivity index is 2.78. The van der Waals surface area contributed by atoms with E-state index in [1.54, 1.807) is 0 Å². The Hall–Kier alpha value is -2.54. The summed E-state index contributed by atoms with van der Waals surface area (Å²) in [5.74, 6) is -4.98. The molecule has 10 heteroatoms. The van der Waals surface area contributed by atoms with Crippen LogP contribution in [0.15, 0.2) is 29.2 Å². The van der Waals surface area contributed by atoms with Gasteiger partial charge in [0.25, 0.3) is 5.91 Å². The molecule has 0 heterocycles. The molecule has 25 heavy (non-hydrogen) atoms. The number of alkyl halides is 2. The number of hydrogen-bond donors (Lipinski definition) is 0. The first-order valence-corrected chi connectivity index (χ1v) is 8.61. The summed E-state index contributed by atoms with van der Waals surface area (Å²) in [5, 5.41) is 8.48. The van der Waals surface area contributed by atoms with Gasteiger partial charge in [-0.15, -0.1) is 0 Å². The maximum absolute atomic E-state index is 12.4. The molecule has 136 valence electrons. The van der Waals surface area contributed by atoms with Gasteiger partial charge in [0.1, 0.15) is 0 Å². The topological polar surface area (TPSA) is 105 Å². The van der Waals surface area contributed by atoms with Crippen LogP contribution in [-0.2, 0) is 19.4 Å². The van der Waals surface area contributed by atoms with E-state index in [1.165, 1.54) is 18.9 Å². The summed E-state index contributed by atoms with van der Waals surface area (Å²) in [6.45, 7) is 1.52. The molecule has 0 radical (unpaired) electrons. The molecule has 0 aliphatic heterocycles. The van der Waals surface area contributed by atoms with Crippen molar-refractivity contribution in [2.24, 2.45) is 0 Å². The number of esters is 1. The Kier molecular flexibility index (Phi) is 6.99. The van der Waals surface area contributed by atoms with Crippen molar-refractivity contribution < 1.29 is 31.5 Å². The maximum atomic E-state index is 12.4. The predicted molar refractivity (Wildman–Crippen MR) is 82.4 cm³/mol. The number of carbonyl (C=O) groups is 2. The van der Waals surface area contributed by atoms with E-state index < -0.39 is 38.5 Å². The van der Waals surface area contributed by atoms with Gasteiger partial charge in [0.15, 0.2) is 6.10 Å². The van der Waals surface area contributed by atoms with Gasteiger partial charge in [-0.05, 0) is 31.2 Å². The largest absolute Gasteiger partial charge is 0.449 e. The fourth-order valence-corrected chi connectivity index (χ4v) is 2.52. The van der Waals surface area contributed by atoms with Crippen molar-refractivity contribution in [2.75, 3.05) is 13.6 Å². The van der Waals surface area contributed by atoms with Crippen LogP contribution in [0.4, 0.5) is 8.78 Å². The zero-order valence-electron chi connectivity index (χ0n) is 13.5. The highest BCUT2D eigenvalue weighted by molar-refractivity contribution is 7.91. The Morgan fingerprint density at radius 1 is 1.28 bits per heavy atom. The summed E-state index contributed by atoms with van der Waals surface area (Å²) in [6.07, 6.45) is -0.996. The van der Waals surface area contributed by atoms with Crippen LogP contribution >= 0.6 is 0 Å². The van der Waals surface area contributed by atoms with Gasteiger partial charge in [-0.25, -0.2) is 13.2 Å². The number of ether oxygens (including phenoxy) is 1. The molecular formula is C15H16F2N2O5S. The van der Waals surface area contributed by atoms with Crippen molar-refractivity contribution in [1.29, 1.82) is 5.26 Å². The third-order valence-corrected chi connectivity index (χ3v) is 4.62. The summed E-state index contributed by atoms with van der Waals surface area (Å²) in [7, 11) is -3.30. The first kappa shape index (κ1) is 20.5. The molecule has 1 aromatic carbocycles. The van der Waals surface area contributed by atoms with Crippen molar-refractivity contribution in [3.05, 3.63) is 29.8 Å². The number of nitrogens with zero attached hydrogens (tertiary/aromatic N) is 2. The lowest BCUT2D eigenvalue weighted by Gasteiger charge is -2.20. The van der Waals surface area contributed by atoms with Gasteiger partial charge >= 0.3 is 11.7 Å². The van der Waals surface area contributed by atoms with Crippen molar-refractivity contribution in [1.82, 2.24) is 4.90 Å². The molecule has 0 saturated heterocycles. The Morgan fingerprint density at radius 3 is 2.32 bits per heavy atom. The molecule has 1 rings (SSSR count). The van der Waals surface area contributed by atoms with Gasteiger partial charge in [0.05, 0.1) is 22.9 Å². The molecule has 0 bridgehead atoms. The molecule has 7 nitrogen and oxygen atoms in total. The lowest BCUT2D eigenvalue weighted by molar-refractivity contribution is -0.138. The smallest absolute Gasteiger partial charge is 0.341 e. The molecule has 0 N–H and O–H groups in total. The van der Waals surface area contributed by atoms with Gasteiger partial charge in [0.2, 0.25) is 9.84 Å². The molecule has 1 atom stereocenters. The second-order valence-corrected chi connectivity index (χ2v) is 6.96. The third-order valence-electron chi connectivity index (χ3n) is 3.22. The van der Waals surface area contributed by atoms with Gasteiger partial charge in [-0.3, -0.25) is 4.79 Å². The summed E-state index contributed by atoms with van der Waals surface area (Å²) >= 11 is 0. The van der Waals surface area contributed by atoms with E-state index in [0.29, 0.717) is 0 Å². The second kappa shape index (κ2) is 8.53. The van der Waals surface area contributed by atoms with Crippen LogP contribution in [0.25, 0.3) is 0 Å². The van der Waals surface area contributed by atoms with E-state index >= 15 is 0 Å². The van der Waals surface area contributed by atoms with Crippen LogP contribution in [0.3, 0.4) is 0 Å². The lowest BCUT2D eigenvalue weighted by Crippen LogP contribution is -2.37. The minimum absolute atomic E-state index is 0.0902. The van der Waals surface area contributed by atoms with E-state index in [4.69, 9.17) is 10.00 Å². The van der Waals surface area contributed by atoms with Crippen molar-refractivity contribution in [3.8, 4) is 6.07 Å². The van der Waals surface area contributed by atoms with Crippen molar-refractivity contribution >= 4 is 21.7 Å². The standard InChI is InChI=1S/C15H16F2N2O5S/c1-10(13(20)19(2)9-3-8-18)24-14(21)11-4-6-12(7-5-11)25(22,23)15(16)17/h4-7,10,15H,3,9H2,1-2H3/t10-/m1/s1. The molecule has 0 fully saturated rings. The number of likely N-dealkylation sites (N-methyl/N-ethyl adjacent to an activating group) is 1. The molecule has 1 amide bonds. The van der Waals surface area contributed by atoms with Gasteiger partial charge in [0, 0.05) is 13.6 Å².